The molecule has 2 aliphatic carbocycles. The van der Waals surface area contributed by atoms with Crippen molar-refractivity contribution in [2.24, 2.45) is 5.92 Å². The maximum Gasteiger partial charge on any atom is 0.274 e. The molecule has 1 fully saturated rings. The van der Waals surface area contributed by atoms with Crippen molar-refractivity contribution in [2.75, 3.05) is 7.05 Å². The maximum atomic E-state index is 13.3. The van der Waals surface area contributed by atoms with Gasteiger partial charge in [-0.1, -0.05) is 0 Å². The summed E-state index contributed by atoms with van der Waals surface area (Å²) in [7, 11) is 1.89. The fourth-order valence-corrected chi connectivity index (χ4v) is 3.81. The van der Waals surface area contributed by atoms with Crippen molar-refractivity contribution in [3.63, 3.8) is 0 Å². The van der Waals surface area contributed by atoms with Crippen molar-refractivity contribution >= 4 is 5.91 Å². The van der Waals surface area contributed by atoms with Gasteiger partial charge < -0.3 is 4.90 Å². The molecular weight excluding hydrogens is 317 g/mol. The van der Waals surface area contributed by atoms with Gasteiger partial charge in [0.15, 0.2) is 5.69 Å². The Kier molecular flexibility index (Phi) is 4.10. The van der Waals surface area contributed by atoms with E-state index in [9.17, 15) is 9.18 Å². The number of rotatable bonds is 4. The lowest BCUT2D eigenvalue weighted by molar-refractivity contribution is 0.0719. The van der Waals surface area contributed by atoms with Crippen LogP contribution < -0.4 is 0 Å². The van der Waals surface area contributed by atoms with Gasteiger partial charge in [-0.3, -0.25) is 4.79 Å². The zero-order chi connectivity index (χ0) is 17.6. The van der Waals surface area contributed by atoms with E-state index in [-0.39, 0.29) is 17.8 Å². The Morgan fingerprint density at radius 1 is 1.24 bits per heavy atom. The Bertz CT molecular complexity index is 792. The second kappa shape index (κ2) is 6.28. The molecule has 25 heavy (non-hydrogen) atoms. The van der Waals surface area contributed by atoms with Crippen molar-refractivity contribution in [2.45, 2.75) is 51.5 Å². The van der Waals surface area contributed by atoms with Crippen LogP contribution in [0.25, 0.3) is 5.69 Å². The molecule has 1 heterocycles. The minimum absolute atomic E-state index is 0.0124. The van der Waals surface area contributed by atoms with Crippen molar-refractivity contribution in [3.05, 3.63) is 47.0 Å². The summed E-state index contributed by atoms with van der Waals surface area (Å²) in [5.74, 6) is 0.376. The topological polar surface area (TPSA) is 38.1 Å². The zero-order valence-corrected chi connectivity index (χ0v) is 14.8. The van der Waals surface area contributed by atoms with Crippen LogP contribution in [0.3, 0.4) is 0 Å². The Morgan fingerprint density at radius 3 is 2.60 bits per heavy atom. The Balaban J connectivity index is 1.72. The van der Waals surface area contributed by atoms with Crippen LogP contribution in [0.4, 0.5) is 4.39 Å². The van der Waals surface area contributed by atoms with Gasteiger partial charge in [0, 0.05) is 24.3 Å². The number of hydrogen-bond donors (Lipinski definition) is 0. The van der Waals surface area contributed by atoms with Crippen LogP contribution in [0.15, 0.2) is 24.3 Å². The van der Waals surface area contributed by atoms with E-state index in [0.717, 1.165) is 42.6 Å². The van der Waals surface area contributed by atoms with Gasteiger partial charge in [0.05, 0.1) is 5.69 Å². The van der Waals surface area contributed by atoms with E-state index in [4.69, 9.17) is 0 Å². The Morgan fingerprint density at radius 2 is 1.92 bits per heavy atom. The lowest BCUT2D eigenvalue weighted by Crippen LogP contribution is -2.37. The predicted octanol–water partition coefficient (Wildman–Crippen LogP) is 3.76. The minimum Gasteiger partial charge on any atom is -0.337 e. The second-order valence-corrected chi connectivity index (χ2v) is 7.36. The van der Waals surface area contributed by atoms with E-state index in [1.807, 2.05) is 16.6 Å². The molecule has 5 heteroatoms. The molecule has 2 aromatic rings. The number of aromatic nitrogens is 2. The van der Waals surface area contributed by atoms with Gasteiger partial charge in [0.2, 0.25) is 0 Å². The number of carbonyl (C=O) groups excluding carboxylic acids is 1. The molecule has 4 rings (SSSR count). The summed E-state index contributed by atoms with van der Waals surface area (Å²) in [5.41, 5.74) is 3.58. The molecule has 0 N–H and O–H groups in total. The predicted molar refractivity (Wildman–Crippen MR) is 94.4 cm³/mol. The first-order chi connectivity index (χ1) is 12.1. The summed E-state index contributed by atoms with van der Waals surface area (Å²) in [6.07, 6.45) is 6.41. The van der Waals surface area contributed by atoms with Crippen molar-refractivity contribution < 1.29 is 9.18 Å². The highest BCUT2D eigenvalue weighted by molar-refractivity contribution is 5.94. The number of benzene rings is 1. The smallest absolute Gasteiger partial charge is 0.274 e. The standard InChI is InChI=1S/C20H24FN3O/c1-13(14-7-8-14)23(2)20(25)19-17-5-3-4-6-18(17)24(22-19)16-11-9-15(21)10-12-16/h9-14H,3-8H2,1-2H3/t13-/m0/s1. The largest absolute Gasteiger partial charge is 0.337 e. The van der Waals surface area contributed by atoms with Crippen LogP contribution in [0.1, 0.15) is 54.4 Å². The summed E-state index contributed by atoms with van der Waals surface area (Å²) >= 11 is 0. The van der Waals surface area contributed by atoms with Gasteiger partial charge in [0.25, 0.3) is 5.91 Å². The van der Waals surface area contributed by atoms with E-state index < -0.39 is 0 Å². The third kappa shape index (κ3) is 2.96. The first-order valence-electron chi connectivity index (χ1n) is 9.20. The molecule has 0 bridgehead atoms. The number of hydrogen-bond acceptors (Lipinski definition) is 2. The summed E-state index contributed by atoms with van der Waals surface area (Å²) in [4.78, 5) is 14.9. The minimum atomic E-state index is -0.265. The van der Waals surface area contributed by atoms with Gasteiger partial charge >= 0.3 is 0 Å². The van der Waals surface area contributed by atoms with Crippen LogP contribution in [0, 0.1) is 11.7 Å². The number of halogens is 1. The molecule has 0 aliphatic heterocycles. The molecule has 4 nitrogen and oxygen atoms in total. The SMILES string of the molecule is C[C@@H](C1CC1)N(C)C(=O)c1nn(-c2ccc(F)cc2)c2c1CCCC2. The molecule has 1 amide bonds. The Labute approximate surface area is 147 Å². The Hall–Kier alpha value is -2.17. The normalized spacial score (nSPS) is 17.9. The fraction of sp³-hybridized carbons (Fsp3) is 0.500. The maximum absolute atomic E-state index is 13.3. The number of nitrogens with zero attached hydrogens (tertiary/aromatic N) is 3. The molecule has 1 atom stereocenters. The van der Waals surface area contributed by atoms with Gasteiger partial charge in [-0.25, -0.2) is 9.07 Å². The van der Waals surface area contributed by atoms with Crippen LogP contribution in [-0.4, -0.2) is 33.7 Å². The van der Waals surface area contributed by atoms with E-state index >= 15 is 0 Å². The van der Waals surface area contributed by atoms with Crippen molar-refractivity contribution in [1.29, 1.82) is 0 Å². The van der Waals surface area contributed by atoms with Crippen LogP contribution >= 0.6 is 0 Å². The van der Waals surface area contributed by atoms with E-state index in [1.165, 1.54) is 25.0 Å². The highest BCUT2D eigenvalue weighted by Crippen LogP contribution is 2.35. The molecule has 0 saturated heterocycles. The molecule has 0 spiro atoms. The first kappa shape index (κ1) is 16.3. The van der Waals surface area contributed by atoms with Gasteiger partial charge in [-0.2, -0.15) is 5.10 Å². The van der Waals surface area contributed by atoms with E-state index in [2.05, 4.69) is 12.0 Å². The van der Waals surface area contributed by atoms with Crippen LogP contribution in [0.2, 0.25) is 0 Å². The van der Waals surface area contributed by atoms with E-state index in [0.29, 0.717) is 11.6 Å². The molecule has 0 radical (unpaired) electrons. The van der Waals surface area contributed by atoms with Crippen LogP contribution in [0.5, 0.6) is 0 Å². The van der Waals surface area contributed by atoms with Gasteiger partial charge in [-0.15, -0.1) is 0 Å². The fourth-order valence-electron chi connectivity index (χ4n) is 3.81. The van der Waals surface area contributed by atoms with Gasteiger partial charge in [-0.05, 0) is 75.6 Å². The highest BCUT2D eigenvalue weighted by Gasteiger charge is 2.35. The molecule has 1 saturated carbocycles. The second-order valence-electron chi connectivity index (χ2n) is 7.36. The molecule has 2 aliphatic rings. The summed E-state index contributed by atoms with van der Waals surface area (Å²) < 4.78 is 15.1. The van der Waals surface area contributed by atoms with Gasteiger partial charge in [0.1, 0.15) is 5.82 Å². The van der Waals surface area contributed by atoms with Crippen LogP contribution in [-0.2, 0) is 12.8 Å². The molecule has 1 aromatic carbocycles. The molecule has 1 aromatic heterocycles. The zero-order valence-electron chi connectivity index (χ0n) is 14.8. The lowest BCUT2D eigenvalue weighted by Gasteiger charge is -2.24. The average Bonchev–Trinajstić information content (AvgIpc) is 3.41. The molecule has 132 valence electrons. The summed E-state index contributed by atoms with van der Waals surface area (Å²) in [6.45, 7) is 2.12. The third-order valence-corrected chi connectivity index (χ3v) is 5.69. The highest BCUT2D eigenvalue weighted by atomic mass is 19.1. The third-order valence-electron chi connectivity index (χ3n) is 5.69. The number of fused-ring (bicyclic) bond motifs is 1. The quantitative estimate of drug-likeness (QED) is 0.849. The molecule has 0 unspecified atom stereocenters. The lowest BCUT2D eigenvalue weighted by atomic mass is 9.95. The monoisotopic (exact) mass is 341 g/mol. The van der Waals surface area contributed by atoms with Crippen molar-refractivity contribution in [1.82, 2.24) is 14.7 Å². The first-order valence-corrected chi connectivity index (χ1v) is 9.20. The van der Waals surface area contributed by atoms with Crippen molar-refractivity contribution in [3.8, 4) is 5.69 Å². The summed E-state index contributed by atoms with van der Waals surface area (Å²) in [5, 5.41) is 4.68. The average molecular weight is 341 g/mol. The summed E-state index contributed by atoms with van der Waals surface area (Å²) in [6, 6.07) is 6.58. The van der Waals surface area contributed by atoms with E-state index in [1.54, 1.807) is 12.1 Å². The number of carbonyl (C=O) groups is 1. The number of amides is 1. The molecular formula is C20H24FN3O.